The maximum Gasteiger partial charge on any atom is 0.231 e. The minimum Gasteiger partial charge on any atom is -0.492 e. The number of benzene rings is 2. The maximum atomic E-state index is 11.2. The van der Waals surface area contributed by atoms with Crippen LogP contribution in [0.5, 0.6) is 28.7 Å². The van der Waals surface area contributed by atoms with Crippen LogP contribution < -0.4 is 23.7 Å². The van der Waals surface area contributed by atoms with Crippen molar-refractivity contribution < 1.29 is 28.8 Å². The van der Waals surface area contributed by atoms with Gasteiger partial charge in [0, 0.05) is 30.6 Å². The summed E-state index contributed by atoms with van der Waals surface area (Å²) < 4.78 is 28.1. The largest absolute Gasteiger partial charge is 0.492 e. The lowest BCUT2D eigenvalue weighted by Gasteiger charge is -2.26. The summed E-state index contributed by atoms with van der Waals surface area (Å²) in [4.78, 5) is 2.25. The standard InChI is InChI=1S/C21H23NO6/c1-22-6-5-13-8-17-20(28-11-26-17)21(24-2)18(13)15(23)7-12-3-4-16-19(14(12)9-22)27-10-25-16/h3-4,8,15,23H,5-7,9-11H2,1-2H3. The summed E-state index contributed by atoms with van der Waals surface area (Å²) in [6, 6.07) is 5.90. The van der Waals surface area contributed by atoms with Crippen molar-refractivity contribution in [1.82, 2.24) is 4.90 Å². The minimum absolute atomic E-state index is 0.164. The summed E-state index contributed by atoms with van der Waals surface area (Å²) in [6.07, 6.45) is 0.474. The molecular formula is C21H23NO6. The van der Waals surface area contributed by atoms with Crippen molar-refractivity contribution in [2.24, 2.45) is 0 Å². The number of rotatable bonds is 1. The monoisotopic (exact) mass is 385 g/mol. The second kappa shape index (κ2) is 6.76. The maximum absolute atomic E-state index is 11.2. The van der Waals surface area contributed by atoms with Gasteiger partial charge in [0.25, 0.3) is 0 Å². The van der Waals surface area contributed by atoms with Gasteiger partial charge in [0.15, 0.2) is 23.0 Å². The molecule has 1 N–H and O–H groups in total. The van der Waals surface area contributed by atoms with Gasteiger partial charge in [-0.1, -0.05) is 6.07 Å². The first kappa shape index (κ1) is 17.5. The lowest BCUT2D eigenvalue weighted by Crippen LogP contribution is -2.24. The van der Waals surface area contributed by atoms with Gasteiger partial charge in [-0.25, -0.2) is 0 Å². The summed E-state index contributed by atoms with van der Waals surface area (Å²) in [5, 5.41) is 11.2. The van der Waals surface area contributed by atoms with Gasteiger partial charge in [-0.15, -0.1) is 0 Å². The Morgan fingerprint density at radius 1 is 1.04 bits per heavy atom. The number of methoxy groups -OCH3 is 1. The summed E-state index contributed by atoms with van der Waals surface area (Å²) in [5.74, 6) is 3.35. The molecule has 28 heavy (non-hydrogen) atoms. The van der Waals surface area contributed by atoms with Crippen molar-refractivity contribution >= 4 is 0 Å². The molecule has 0 saturated carbocycles. The first-order valence-electron chi connectivity index (χ1n) is 9.42. The Kier molecular flexibility index (Phi) is 4.21. The average Bonchev–Trinajstić information content (AvgIpc) is 3.35. The Hall–Kier alpha value is -2.64. The van der Waals surface area contributed by atoms with Crippen LogP contribution >= 0.6 is 0 Å². The Balaban J connectivity index is 1.64. The van der Waals surface area contributed by atoms with Crippen molar-refractivity contribution in [3.63, 3.8) is 0 Å². The predicted molar refractivity (Wildman–Crippen MR) is 100 cm³/mol. The van der Waals surface area contributed by atoms with Crippen molar-refractivity contribution in [2.45, 2.75) is 25.5 Å². The number of nitrogens with zero attached hydrogens (tertiary/aromatic N) is 1. The molecule has 7 heteroatoms. The first-order valence-corrected chi connectivity index (χ1v) is 9.42. The second-order valence-corrected chi connectivity index (χ2v) is 7.36. The zero-order valence-corrected chi connectivity index (χ0v) is 16.0. The molecule has 3 heterocycles. The number of aliphatic hydroxyl groups excluding tert-OH is 1. The van der Waals surface area contributed by atoms with Gasteiger partial charge in [-0.2, -0.15) is 0 Å². The molecule has 2 aromatic rings. The smallest absolute Gasteiger partial charge is 0.231 e. The topological polar surface area (TPSA) is 69.6 Å². The lowest BCUT2D eigenvalue weighted by molar-refractivity contribution is 0.163. The first-order chi connectivity index (χ1) is 13.7. The summed E-state index contributed by atoms with van der Waals surface area (Å²) >= 11 is 0. The number of fused-ring (bicyclic) bond motifs is 5. The van der Waals surface area contributed by atoms with Crippen molar-refractivity contribution in [3.8, 4) is 28.7 Å². The lowest BCUT2D eigenvalue weighted by atomic mass is 9.90. The van der Waals surface area contributed by atoms with Gasteiger partial charge in [0.05, 0.1) is 13.2 Å². The van der Waals surface area contributed by atoms with Crippen LogP contribution in [-0.2, 0) is 19.4 Å². The normalized spacial score (nSPS) is 20.5. The molecule has 1 unspecified atom stereocenters. The van der Waals surface area contributed by atoms with Crippen molar-refractivity contribution in [1.29, 1.82) is 0 Å². The zero-order chi connectivity index (χ0) is 19.3. The van der Waals surface area contributed by atoms with Crippen LogP contribution in [0.25, 0.3) is 0 Å². The molecular weight excluding hydrogens is 362 g/mol. The molecule has 1 atom stereocenters. The third-order valence-corrected chi connectivity index (χ3v) is 5.62. The van der Waals surface area contributed by atoms with E-state index in [0.717, 1.165) is 53.3 Å². The van der Waals surface area contributed by atoms with E-state index in [1.807, 2.05) is 18.2 Å². The molecule has 0 saturated heterocycles. The van der Waals surface area contributed by atoms with Crippen LogP contribution in [0.15, 0.2) is 18.2 Å². The van der Waals surface area contributed by atoms with Gasteiger partial charge in [-0.3, -0.25) is 0 Å². The number of hydrogen-bond acceptors (Lipinski definition) is 7. The molecule has 148 valence electrons. The molecule has 0 aliphatic carbocycles. The SMILES string of the molecule is COc1c2c(cc3c1C(O)Cc1ccc4c(c1CN(C)CC3)OCO4)OCO2. The highest BCUT2D eigenvalue weighted by Crippen LogP contribution is 2.48. The molecule has 0 aromatic heterocycles. The quantitative estimate of drug-likeness (QED) is 0.808. The van der Waals surface area contributed by atoms with Crippen LogP contribution in [0.4, 0.5) is 0 Å². The molecule has 0 bridgehead atoms. The van der Waals surface area contributed by atoms with Crippen LogP contribution in [0, 0.1) is 0 Å². The zero-order valence-electron chi connectivity index (χ0n) is 16.0. The van der Waals surface area contributed by atoms with Gasteiger partial charge < -0.3 is 33.7 Å². The van der Waals surface area contributed by atoms with Gasteiger partial charge in [-0.05, 0) is 36.7 Å². The highest BCUT2D eigenvalue weighted by Gasteiger charge is 2.31. The van der Waals surface area contributed by atoms with E-state index in [2.05, 4.69) is 11.9 Å². The molecule has 0 amide bonds. The Morgan fingerprint density at radius 3 is 2.64 bits per heavy atom. The molecule has 0 radical (unpaired) electrons. The van der Waals surface area contributed by atoms with Crippen molar-refractivity contribution in [2.75, 3.05) is 34.3 Å². The summed E-state index contributed by atoms with van der Waals surface area (Å²) in [7, 11) is 3.68. The van der Waals surface area contributed by atoms with E-state index in [4.69, 9.17) is 23.7 Å². The van der Waals surface area contributed by atoms with E-state index in [-0.39, 0.29) is 13.6 Å². The fraction of sp³-hybridized carbons (Fsp3) is 0.429. The third kappa shape index (κ3) is 2.73. The van der Waals surface area contributed by atoms with Crippen molar-refractivity contribution in [3.05, 3.63) is 40.5 Å². The van der Waals surface area contributed by atoms with Crippen LogP contribution in [0.1, 0.15) is 28.4 Å². The van der Waals surface area contributed by atoms with Gasteiger partial charge >= 0.3 is 0 Å². The number of aliphatic hydroxyl groups is 1. The molecule has 3 aliphatic heterocycles. The summed E-state index contributed by atoms with van der Waals surface area (Å²) in [5.41, 5.74) is 3.89. The predicted octanol–water partition coefficient (Wildman–Crippen LogP) is 2.42. The minimum atomic E-state index is -0.734. The van der Waals surface area contributed by atoms with Crippen LogP contribution in [0.3, 0.4) is 0 Å². The highest BCUT2D eigenvalue weighted by molar-refractivity contribution is 5.61. The molecule has 2 aromatic carbocycles. The fourth-order valence-electron chi connectivity index (χ4n) is 4.26. The Labute approximate surface area is 163 Å². The number of hydrogen-bond donors (Lipinski definition) is 1. The van der Waals surface area contributed by atoms with E-state index in [1.165, 1.54) is 0 Å². The number of ether oxygens (including phenoxy) is 5. The van der Waals surface area contributed by atoms with E-state index in [9.17, 15) is 5.11 Å². The average molecular weight is 385 g/mol. The fourth-order valence-corrected chi connectivity index (χ4v) is 4.26. The molecule has 3 aliphatic rings. The highest BCUT2D eigenvalue weighted by atomic mass is 16.7. The van der Waals surface area contributed by atoms with E-state index < -0.39 is 6.10 Å². The van der Waals surface area contributed by atoms with Crippen LogP contribution in [-0.4, -0.2) is 44.3 Å². The Morgan fingerprint density at radius 2 is 1.82 bits per heavy atom. The van der Waals surface area contributed by atoms with E-state index >= 15 is 0 Å². The van der Waals surface area contributed by atoms with Gasteiger partial charge in [0.1, 0.15) is 0 Å². The van der Waals surface area contributed by atoms with Gasteiger partial charge in [0.2, 0.25) is 19.3 Å². The molecule has 5 rings (SSSR count). The number of likely N-dealkylation sites (N-methyl/N-ethyl adjacent to an activating group) is 1. The van der Waals surface area contributed by atoms with E-state index in [0.29, 0.717) is 23.7 Å². The summed E-state index contributed by atoms with van der Waals surface area (Å²) in [6.45, 7) is 1.94. The molecule has 0 fully saturated rings. The molecule has 0 spiro atoms. The van der Waals surface area contributed by atoms with Crippen LogP contribution in [0.2, 0.25) is 0 Å². The Bertz CT molecular complexity index is 928. The molecule has 7 nitrogen and oxygen atoms in total. The third-order valence-electron chi connectivity index (χ3n) is 5.62. The van der Waals surface area contributed by atoms with E-state index in [1.54, 1.807) is 7.11 Å². The second-order valence-electron chi connectivity index (χ2n) is 7.36.